The minimum Gasteiger partial charge on any atom is -0.493 e. The first kappa shape index (κ1) is 16.2. The smallest absolute Gasteiger partial charge is 0.337 e. The molecule has 4 nitrogen and oxygen atoms in total. The number of benzene rings is 1. The van der Waals surface area contributed by atoms with Gasteiger partial charge in [0.25, 0.3) is 0 Å². The van der Waals surface area contributed by atoms with Gasteiger partial charge in [0.2, 0.25) is 0 Å². The van der Waals surface area contributed by atoms with Crippen LogP contribution in [-0.4, -0.2) is 25.5 Å². The van der Waals surface area contributed by atoms with E-state index in [9.17, 15) is 9.59 Å². The van der Waals surface area contributed by atoms with Gasteiger partial charge in [-0.15, -0.1) is 0 Å². The molecule has 1 aromatic rings. The van der Waals surface area contributed by atoms with Crippen LogP contribution in [-0.2, 0) is 9.53 Å². The Bertz CT molecular complexity index is 479. The fraction of sp³-hybridized carbons (Fsp3) is 0.500. The predicted octanol–water partition coefficient (Wildman–Crippen LogP) is 3.34. The van der Waals surface area contributed by atoms with Crippen molar-refractivity contribution in [3.63, 3.8) is 0 Å². The Hall–Kier alpha value is -1.84. The average molecular weight is 278 g/mol. The van der Waals surface area contributed by atoms with E-state index in [1.54, 1.807) is 19.1 Å². The highest BCUT2D eigenvalue weighted by atomic mass is 16.5. The molecule has 0 aromatic heterocycles. The zero-order chi connectivity index (χ0) is 15.1. The fourth-order valence-corrected chi connectivity index (χ4v) is 1.83. The van der Waals surface area contributed by atoms with E-state index in [1.807, 2.05) is 6.07 Å². The number of Topliss-reactive ketones (excluding diaryl/α,β-unsaturated/α-hetero) is 1. The zero-order valence-electron chi connectivity index (χ0n) is 12.6. The zero-order valence-corrected chi connectivity index (χ0v) is 12.6. The Morgan fingerprint density at radius 3 is 2.55 bits per heavy atom. The van der Waals surface area contributed by atoms with Crippen LogP contribution in [0, 0.1) is 0 Å². The second kappa shape index (κ2) is 7.68. The highest BCUT2D eigenvalue weighted by Crippen LogP contribution is 2.30. The largest absolute Gasteiger partial charge is 0.493 e. The Balaban J connectivity index is 2.97. The first-order valence-corrected chi connectivity index (χ1v) is 6.84. The Labute approximate surface area is 120 Å². The van der Waals surface area contributed by atoms with Crippen molar-refractivity contribution in [2.45, 2.75) is 39.5 Å². The summed E-state index contributed by atoms with van der Waals surface area (Å²) in [6.07, 6.45) is 1.33. The number of carbonyl (C=O) groups excluding carboxylic acids is 2. The standard InChI is InChI=1S/C16H22O4/c1-5-11(2)14-10-13(16(18)19-4)6-7-15(14)20-9-8-12(3)17/h6-7,10-11H,5,8-9H2,1-4H3. The molecule has 0 bridgehead atoms. The molecule has 0 N–H and O–H groups in total. The van der Waals surface area contributed by atoms with Gasteiger partial charge in [-0.25, -0.2) is 4.79 Å². The van der Waals surface area contributed by atoms with Crippen LogP contribution in [0.4, 0.5) is 0 Å². The Morgan fingerprint density at radius 1 is 1.30 bits per heavy atom. The topological polar surface area (TPSA) is 52.6 Å². The molecular formula is C16H22O4. The summed E-state index contributed by atoms with van der Waals surface area (Å²) in [5.74, 6) is 0.742. The SMILES string of the molecule is CCC(C)c1cc(C(=O)OC)ccc1OCCC(C)=O. The van der Waals surface area contributed by atoms with Gasteiger partial charge in [0.05, 0.1) is 19.3 Å². The summed E-state index contributed by atoms with van der Waals surface area (Å²) >= 11 is 0. The summed E-state index contributed by atoms with van der Waals surface area (Å²) < 4.78 is 10.4. The lowest BCUT2D eigenvalue weighted by atomic mass is 9.95. The highest BCUT2D eigenvalue weighted by molar-refractivity contribution is 5.89. The molecule has 1 unspecified atom stereocenters. The molecule has 110 valence electrons. The number of esters is 1. The van der Waals surface area contributed by atoms with Gasteiger partial charge < -0.3 is 9.47 Å². The van der Waals surface area contributed by atoms with Crippen molar-refractivity contribution in [2.75, 3.05) is 13.7 Å². The predicted molar refractivity (Wildman–Crippen MR) is 77.3 cm³/mol. The lowest BCUT2D eigenvalue weighted by molar-refractivity contribution is -0.117. The summed E-state index contributed by atoms with van der Waals surface area (Å²) in [7, 11) is 1.36. The number of carbonyl (C=O) groups is 2. The molecular weight excluding hydrogens is 256 g/mol. The minimum atomic E-state index is -0.357. The lowest BCUT2D eigenvalue weighted by Crippen LogP contribution is -2.08. The average Bonchev–Trinajstić information content (AvgIpc) is 2.45. The van der Waals surface area contributed by atoms with E-state index >= 15 is 0 Å². The first-order valence-electron chi connectivity index (χ1n) is 6.84. The maximum Gasteiger partial charge on any atom is 0.337 e. The molecule has 0 spiro atoms. The van der Waals surface area contributed by atoms with Gasteiger partial charge in [-0.05, 0) is 43.0 Å². The maximum atomic E-state index is 11.6. The van der Waals surface area contributed by atoms with Crippen molar-refractivity contribution in [3.8, 4) is 5.75 Å². The third kappa shape index (κ3) is 4.37. The molecule has 1 aromatic carbocycles. The van der Waals surface area contributed by atoms with E-state index in [1.165, 1.54) is 7.11 Å². The highest BCUT2D eigenvalue weighted by Gasteiger charge is 2.15. The molecule has 0 saturated carbocycles. The van der Waals surface area contributed by atoms with Crippen molar-refractivity contribution in [1.82, 2.24) is 0 Å². The molecule has 0 aliphatic carbocycles. The molecule has 0 heterocycles. The summed E-state index contributed by atoms with van der Waals surface area (Å²) in [6.45, 7) is 6.05. The van der Waals surface area contributed by atoms with Crippen molar-refractivity contribution in [3.05, 3.63) is 29.3 Å². The van der Waals surface area contributed by atoms with Crippen LogP contribution < -0.4 is 4.74 Å². The van der Waals surface area contributed by atoms with Crippen molar-refractivity contribution in [2.24, 2.45) is 0 Å². The van der Waals surface area contributed by atoms with Gasteiger partial charge in [0, 0.05) is 6.42 Å². The summed E-state index contributed by atoms with van der Waals surface area (Å²) in [5, 5.41) is 0. The summed E-state index contributed by atoms with van der Waals surface area (Å²) in [6, 6.07) is 5.26. The van der Waals surface area contributed by atoms with Gasteiger partial charge in [-0.1, -0.05) is 13.8 Å². The van der Waals surface area contributed by atoms with Crippen LogP contribution in [0.15, 0.2) is 18.2 Å². The van der Waals surface area contributed by atoms with Crippen LogP contribution >= 0.6 is 0 Å². The molecule has 20 heavy (non-hydrogen) atoms. The van der Waals surface area contributed by atoms with E-state index in [-0.39, 0.29) is 17.7 Å². The van der Waals surface area contributed by atoms with Crippen LogP contribution in [0.3, 0.4) is 0 Å². The number of ketones is 1. The molecule has 0 radical (unpaired) electrons. The Morgan fingerprint density at radius 2 is 2.00 bits per heavy atom. The Kier molecular flexibility index (Phi) is 6.22. The van der Waals surface area contributed by atoms with Crippen molar-refractivity contribution >= 4 is 11.8 Å². The van der Waals surface area contributed by atoms with Gasteiger partial charge in [0.1, 0.15) is 11.5 Å². The normalized spacial score (nSPS) is 11.8. The number of methoxy groups -OCH3 is 1. The van der Waals surface area contributed by atoms with E-state index < -0.39 is 0 Å². The van der Waals surface area contributed by atoms with Gasteiger partial charge in [0.15, 0.2) is 0 Å². The van der Waals surface area contributed by atoms with E-state index in [0.717, 1.165) is 17.7 Å². The van der Waals surface area contributed by atoms with Gasteiger partial charge >= 0.3 is 5.97 Å². The van der Waals surface area contributed by atoms with E-state index in [4.69, 9.17) is 9.47 Å². The summed E-state index contributed by atoms with van der Waals surface area (Å²) in [5.41, 5.74) is 1.49. The summed E-state index contributed by atoms with van der Waals surface area (Å²) in [4.78, 5) is 22.5. The molecule has 0 aliphatic heterocycles. The molecule has 4 heteroatoms. The molecule has 0 fully saturated rings. The third-order valence-corrected chi connectivity index (χ3v) is 3.29. The maximum absolute atomic E-state index is 11.6. The van der Waals surface area contributed by atoms with Crippen LogP contribution in [0.1, 0.15) is 55.5 Å². The molecule has 1 atom stereocenters. The van der Waals surface area contributed by atoms with Crippen LogP contribution in [0.25, 0.3) is 0 Å². The number of hydrogen-bond acceptors (Lipinski definition) is 4. The van der Waals surface area contributed by atoms with Crippen LogP contribution in [0.2, 0.25) is 0 Å². The fourth-order valence-electron chi connectivity index (χ4n) is 1.83. The quantitative estimate of drug-likeness (QED) is 0.718. The monoisotopic (exact) mass is 278 g/mol. The van der Waals surface area contributed by atoms with E-state index in [0.29, 0.717) is 18.6 Å². The van der Waals surface area contributed by atoms with Crippen molar-refractivity contribution in [1.29, 1.82) is 0 Å². The minimum absolute atomic E-state index is 0.0984. The number of rotatable bonds is 7. The first-order chi connectivity index (χ1) is 9.49. The van der Waals surface area contributed by atoms with Gasteiger partial charge in [-0.3, -0.25) is 4.79 Å². The second-order valence-corrected chi connectivity index (χ2v) is 4.85. The van der Waals surface area contributed by atoms with Crippen LogP contribution in [0.5, 0.6) is 5.75 Å². The van der Waals surface area contributed by atoms with Gasteiger partial charge in [-0.2, -0.15) is 0 Å². The molecule has 0 amide bonds. The lowest BCUT2D eigenvalue weighted by Gasteiger charge is -2.16. The second-order valence-electron chi connectivity index (χ2n) is 4.85. The molecule has 0 saturated heterocycles. The molecule has 1 rings (SSSR count). The van der Waals surface area contributed by atoms with E-state index in [2.05, 4.69) is 13.8 Å². The number of hydrogen-bond donors (Lipinski definition) is 0. The van der Waals surface area contributed by atoms with Crippen molar-refractivity contribution < 1.29 is 19.1 Å². The third-order valence-electron chi connectivity index (χ3n) is 3.29. The number of ether oxygens (including phenoxy) is 2. The molecule has 0 aliphatic rings.